The van der Waals surface area contributed by atoms with Gasteiger partial charge in [-0.2, -0.15) is 5.26 Å². The van der Waals surface area contributed by atoms with Gasteiger partial charge in [-0.25, -0.2) is 0 Å². The van der Waals surface area contributed by atoms with Gasteiger partial charge in [0.25, 0.3) is 0 Å². The van der Waals surface area contributed by atoms with Crippen LogP contribution in [0.1, 0.15) is 11.1 Å². The molecule has 0 N–H and O–H groups in total. The smallest absolute Gasteiger partial charge is 0.0992 e. The van der Waals surface area contributed by atoms with E-state index >= 15 is 0 Å². The van der Waals surface area contributed by atoms with Crippen molar-refractivity contribution in [3.63, 3.8) is 0 Å². The Morgan fingerprint density at radius 2 is 1.75 bits per heavy atom. The Kier molecular flexibility index (Phi) is 2.94. The van der Waals surface area contributed by atoms with E-state index in [1.54, 1.807) is 12.1 Å². The molecule has 2 heteroatoms. The van der Waals surface area contributed by atoms with Gasteiger partial charge in [-0.05, 0) is 24.6 Å². The van der Waals surface area contributed by atoms with Gasteiger partial charge in [0.2, 0.25) is 0 Å². The van der Waals surface area contributed by atoms with E-state index in [0.717, 1.165) is 11.1 Å². The van der Waals surface area contributed by atoms with E-state index in [1.807, 2.05) is 37.3 Å². The summed E-state index contributed by atoms with van der Waals surface area (Å²) < 4.78 is 0. The highest BCUT2D eigenvalue weighted by Gasteiger charge is 2.03. The lowest BCUT2D eigenvalue weighted by molar-refractivity contribution is 1.46. The van der Waals surface area contributed by atoms with Gasteiger partial charge in [0, 0.05) is 10.6 Å². The van der Waals surface area contributed by atoms with E-state index in [2.05, 4.69) is 6.07 Å². The number of hydrogen-bond acceptors (Lipinski definition) is 1. The van der Waals surface area contributed by atoms with Crippen molar-refractivity contribution in [1.29, 1.82) is 5.26 Å². The van der Waals surface area contributed by atoms with Crippen molar-refractivity contribution in [2.75, 3.05) is 0 Å². The number of halogens is 1. The molecule has 16 heavy (non-hydrogen) atoms. The van der Waals surface area contributed by atoms with Crippen LogP contribution >= 0.6 is 11.6 Å². The average molecular weight is 228 g/mol. The molecule has 2 aromatic carbocycles. The Morgan fingerprint density at radius 3 is 2.31 bits per heavy atom. The number of nitriles is 1. The maximum absolute atomic E-state index is 8.75. The number of aryl methyl sites for hydroxylation is 1. The van der Waals surface area contributed by atoms with Crippen LogP contribution in [0.2, 0.25) is 5.02 Å². The minimum atomic E-state index is 0.584. The molecule has 0 aliphatic carbocycles. The molecule has 0 aromatic heterocycles. The number of benzene rings is 2. The molecular formula is C14H10ClN. The van der Waals surface area contributed by atoms with Gasteiger partial charge >= 0.3 is 0 Å². The van der Waals surface area contributed by atoms with Gasteiger partial charge < -0.3 is 0 Å². The fourth-order valence-electron chi connectivity index (χ4n) is 1.55. The predicted octanol–water partition coefficient (Wildman–Crippen LogP) is 4.19. The molecule has 1 nitrogen and oxygen atoms in total. The molecule has 0 atom stereocenters. The van der Waals surface area contributed by atoms with E-state index in [4.69, 9.17) is 16.9 Å². The number of nitrogens with zero attached hydrogens (tertiary/aromatic N) is 1. The Morgan fingerprint density at radius 1 is 1.06 bits per heavy atom. The third-order valence-corrected chi connectivity index (χ3v) is 2.77. The summed E-state index contributed by atoms with van der Waals surface area (Å²) in [4.78, 5) is 0. The fourth-order valence-corrected chi connectivity index (χ4v) is 1.84. The molecule has 0 radical (unpaired) electrons. The highest BCUT2D eigenvalue weighted by molar-refractivity contribution is 6.33. The van der Waals surface area contributed by atoms with E-state index < -0.39 is 0 Å². The fraction of sp³-hybridized carbons (Fsp3) is 0.0714. The van der Waals surface area contributed by atoms with Crippen LogP contribution in [0.5, 0.6) is 0 Å². The van der Waals surface area contributed by atoms with Crippen molar-refractivity contribution in [2.45, 2.75) is 6.92 Å². The summed E-state index contributed by atoms with van der Waals surface area (Å²) in [5.74, 6) is 0. The van der Waals surface area contributed by atoms with Gasteiger partial charge in [-0.15, -0.1) is 0 Å². The zero-order chi connectivity index (χ0) is 11.5. The number of rotatable bonds is 1. The maximum atomic E-state index is 8.75. The molecular weight excluding hydrogens is 218 g/mol. The van der Waals surface area contributed by atoms with Crippen LogP contribution in [0, 0.1) is 18.3 Å². The van der Waals surface area contributed by atoms with E-state index in [-0.39, 0.29) is 0 Å². The van der Waals surface area contributed by atoms with Crippen molar-refractivity contribution < 1.29 is 0 Å². The zero-order valence-electron chi connectivity index (χ0n) is 8.87. The molecule has 0 aliphatic rings. The first-order valence-corrected chi connectivity index (χ1v) is 5.35. The quantitative estimate of drug-likeness (QED) is 0.717. The van der Waals surface area contributed by atoms with Crippen molar-refractivity contribution in [3.8, 4) is 17.2 Å². The molecule has 0 fully saturated rings. The van der Waals surface area contributed by atoms with Crippen molar-refractivity contribution in [1.82, 2.24) is 0 Å². The summed E-state index contributed by atoms with van der Waals surface area (Å²) in [6.07, 6.45) is 0. The molecule has 0 unspecified atom stereocenters. The number of hydrogen-bond donors (Lipinski definition) is 0. The normalized spacial score (nSPS) is 9.81. The van der Waals surface area contributed by atoms with Gasteiger partial charge in [-0.1, -0.05) is 47.5 Å². The second-order valence-corrected chi connectivity index (χ2v) is 4.08. The molecule has 0 bridgehead atoms. The first kappa shape index (κ1) is 10.7. The van der Waals surface area contributed by atoms with Gasteiger partial charge in [-0.3, -0.25) is 0 Å². The highest BCUT2D eigenvalue weighted by atomic mass is 35.5. The molecule has 0 aliphatic heterocycles. The van der Waals surface area contributed by atoms with Crippen LogP contribution in [0.15, 0.2) is 42.5 Å². The summed E-state index contributed by atoms with van der Waals surface area (Å²) in [6, 6.07) is 15.6. The van der Waals surface area contributed by atoms with Gasteiger partial charge in [0.15, 0.2) is 0 Å². The van der Waals surface area contributed by atoms with Gasteiger partial charge in [0.1, 0.15) is 0 Å². The Balaban J connectivity index is 2.49. The third-order valence-electron chi connectivity index (χ3n) is 2.46. The van der Waals surface area contributed by atoms with Crippen molar-refractivity contribution in [2.24, 2.45) is 0 Å². The minimum Gasteiger partial charge on any atom is -0.192 e. The maximum Gasteiger partial charge on any atom is 0.0992 e. The molecule has 2 rings (SSSR count). The van der Waals surface area contributed by atoms with Crippen LogP contribution in [0.4, 0.5) is 0 Å². The van der Waals surface area contributed by atoms with E-state index in [1.165, 1.54) is 5.56 Å². The molecule has 0 heterocycles. The molecule has 0 amide bonds. The second-order valence-electron chi connectivity index (χ2n) is 3.67. The third kappa shape index (κ3) is 2.08. The lowest BCUT2D eigenvalue weighted by Gasteiger charge is -2.05. The zero-order valence-corrected chi connectivity index (χ0v) is 9.62. The second kappa shape index (κ2) is 4.38. The van der Waals surface area contributed by atoms with Crippen molar-refractivity contribution >= 4 is 11.6 Å². The lowest BCUT2D eigenvalue weighted by atomic mass is 10.0. The van der Waals surface area contributed by atoms with Crippen LogP contribution in [-0.4, -0.2) is 0 Å². The molecule has 0 spiro atoms. The van der Waals surface area contributed by atoms with Crippen LogP contribution in [0.25, 0.3) is 11.1 Å². The van der Waals surface area contributed by atoms with Crippen LogP contribution in [-0.2, 0) is 0 Å². The summed E-state index contributed by atoms with van der Waals surface area (Å²) in [5.41, 5.74) is 3.83. The topological polar surface area (TPSA) is 23.8 Å². The summed E-state index contributed by atoms with van der Waals surface area (Å²) in [7, 11) is 0. The minimum absolute atomic E-state index is 0.584. The van der Waals surface area contributed by atoms with E-state index in [9.17, 15) is 0 Å². The largest absolute Gasteiger partial charge is 0.192 e. The predicted molar refractivity (Wildman–Crippen MR) is 66.3 cm³/mol. The highest BCUT2D eigenvalue weighted by Crippen LogP contribution is 2.28. The first-order valence-electron chi connectivity index (χ1n) is 4.97. The summed E-state index contributed by atoms with van der Waals surface area (Å²) >= 11 is 6.13. The van der Waals surface area contributed by atoms with Crippen LogP contribution < -0.4 is 0 Å². The van der Waals surface area contributed by atoms with E-state index in [0.29, 0.717) is 10.6 Å². The van der Waals surface area contributed by atoms with Gasteiger partial charge in [0.05, 0.1) is 11.6 Å². The standard InChI is InChI=1S/C14H10ClN/c1-10-2-5-12(6-3-10)13-7-4-11(9-16)8-14(13)15/h2-8H,1H3. The van der Waals surface area contributed by atoms with Crippen LogP contribution in [0.3, 0.4) is 0 Å². The average Bonchev–Trinajstić information content (AvgIpc) is 2.30. The SMILES string of the molecule is Cc1ccc(-c2ccc(C#N)cc2Cl)cc1. The molecule has 0 saturated heterocycles. The lowest BCUT2D eigenvalue weighted by Crippen LogP contribution is -1.82. The molecule has 78 valence electrons. The molecule has 2 aromatic rings. The Bertz CT molecular complexity index is 550. The summed E-state index contributed by atoms with van der Waals surface area (Å²) in [6.45, 7) is 2.05. The first-order chi connectivity index (χ1) is 7.70. The Labute approximate surface area is 99.9 Å². The monoisotopic (exact) mass is 227 g/mol. The molecule has 0 saturated carbocycles. The summed E-state index contributed by atoms with van der Waals surface area (Å²) in [5, 5.41) is 9.37. The Hall–Kier alpha value is -1.78. The van der Waals surface area contributed by atoms with Crippen molar-refractivity contribution in [3.05, 3.63) is 58.6 Å².